The fraction of sp³-hybridized carbons (Fsp3) is 0.739. The lowest BCUT2D eigenvalue weighted by Crippen LogP contribution is -2.59. The first kappa shape index (κ1) is 66.6. The lowest BCUT2D eigenvalue weighted by atomic mass is 10.0. The molecule has 0 saturated heterocycles. The van der Waals surface area contributed by atoms with Crippen LogP contribution in [0.3, 0.4) is 0 Å². The monoisotopic (exact) mass is 1060 g/mol. The SMILES string of the molecule is CCCCCCCCCCCCCC(=O)N[C@@H](CCC(=O)O)C(=O)N[C@@H](CCC(=O)O)C(=O)N[C@@H](CCSC)C(=O)N[C@@H](CCC(N)=O)C(=O)N[C@@H](CCCN=C(N)N)C(=O)N[C@@H](CCCN=C(N)N)C(N)=O. The first-order valence-corrected chi connectivity index (χ1v) is 26.4. The molecule has 416 valence electrons. The number of nitrogens with zero attached hydrogens (tertiary/aromatic N) is 2. The summed E-state index contributed by atoms with van der Waals surface area (Å²) in [5.74, 6) is -9.75. The smallest absolute Gasteiger partial charge is 0.303 e. The van der Waals surface area contributed by atoms with Crippen LogP contribution in [-0.4, -0.2) is 143 Å². The highest BCUT2D eigenvalue weighted by Crippen LogP contribution is 2.13. The van der Waals surface area contributed by atoms with Gasteiger partial charge in [0.25, 0.3) is 0 Å². The van der Waals surface area contributed by atoms with Crippen LogP contribution in [0.1, 0.15) is 155 Å². The zero-order chi connectivity index (χ0) is 55.1. The van der Waals surface area contributed by atoms with Crippen molar-refractivity contribution in [3.05, 3.63) is 0 Å². The third kappa shape index (κ3) is 34.6. The molecule has 0 heterocycles. The summed E-state index contributed by atoms with van der Waals surface area (Å²) >= 11 is 1.29. The Morgan fingerprint density at radius 1 is 0.425 bits per heavy atom. The summed E-state index contributed by atoms with van der Waals surface area (Å²) in [5.41, 5.74) is 32.5. The highest BCUT2D eigenvalue weighted by Gasteiger charge is 2.34. The number of carbonyl (C=O) groups is 10. The van der Waals surface area contributed by atoms with Crippen molar-refractivity contribution in [2.75, 3.05) is 25.1 Å². The van der Waals surface area contributed by atoms with Crippen molar-refractivity contribution in [1.29, 1.82) is 0 Å². The van der Waals surface area contributed by atoms with Gasteiger partial charge in [0.2, 0.25) is 47.3 Å². The molecule has 0 aromatic rings. The van der Waals surface area contributed by atoms with Gasteiger partial charge in [-0.1, -0.05) is 71.1 Å². The van der Waals surface area contributed by atoms with Crippen LogP contribution in [0.4, 0.5) is 0 Å². The molecule has 0 unspecified atom stereocenters. The summed E-state index contributed by atoms with van der Waals surface area (Å²) in [6.07, 6.45) is 10.8. The molecule has 8 amide bonds. The summed E-state index contributed by atoms with van der Waals surface area (Å²) in [6.45, 7) is 2.32. The van der Waals surface area contributed by atoms with E-state index in [-0.39, 0.29) is 82.1 Å². The van der Waals surface area contributed by atoms with Crippen LogP contribution >= 0.6 is 11.8 Å². The average molecular weight is 1060 g/mol. The highest BCUT2D eigenvalue weighted by atomic mass is 32.2. The van der Waals surface area contributed by atoms with Crippen molar-refractivity contribution in [1.82, 2.24) is 31.9 Å². The van der Waals surface area contributed by atoms with E-state index in [0.717, 1.165) is 32.1 Å². The number of unbranched alkanes of at least 4 members (excludes halogenated alkanes) is 10. The summed E-state index contributed by atoms with van der Waals surface area (Å²) in [6, 6.07) is -8.60. The van der Waals surface area contributed by atoms with E-state index < -0.39 is 121 Å². The van der Waals surface area contributed by atoms with Crippen molar-refractivity contribution in [2.24, 2.45) is 44.4 Å². The molecule has 20 N–H and O–H groups in total. The van der Waals surface area contributed by atoms with Crippen molar-refractivity contribution in [2.45, 2.75) is 191 Å². The van der Waals surface area contributed by atoms with Gasteiger partial charge in [-0.05, 0) is 69.8 Å². The Balaban J connectivity index is 6.34. The minimum atomic E-state index is -1.60. The predicted molar refractivity (Wildman–Crippen MR) is 277 cm³/mol. The quantitative estimate of drug-likeness (QED) is 0.0196. The lowest BCUT2D eigenvalue weighted by Gasteiger charge is -2.27. The van der Waals surface area contributed by atoms with Gasteiger partial charge in [-0.25, -0.2) is 0 Å². The largest absolute Gasteiger partial charge is 0.481 e. The average Bonchev–Trinajstić information content (AvgIpc) is 3.31. The Labute approximate surface area is 432 Å². The molecule has 6 atom stereocenters. The Bertz CT molecular complexity index is 1820. The Morgan fingerprint density at radius 3 is 1.14 bits per heavy atom. The van der Waals surface area contributed by atoms with Crippen LogP contribution in [0, 0.1) is 0 Å². The number of rotatable bonds is 44. The van der Waals surface area contributed by atoms with Crippen LogP contribution in [0.2, 0.25) is 0 Å². The molecule has 0 aromatic heterocycles. The number of nitrogens with one attached hydrogen (secondary N) is 6. The molecule has 0 saturated carbocycles. The molecular formula is C46H84N14O12S. The number of hydrogen-bond donors (Lipinski definition) is 14. The third-order valence-electron chi connectivity index (χ3n) is 11.3. The lowest BCUT2D eigenvalue weighted by molar-refractivity contribution is -0.140. The van der Waals surface area contributed by atoms with Crippen LogP contribution in [-0.2, 0) is 47.9 Å². The Morgan fingerprint density at radius 2 is 0.767 bits per heavy atom. The molecule has 0 aliphatic heterocycles. The van der Waals surface area contributed by atoms with Crippen molar-refractivity contribution in [3.63, 3.8) is 0 Å². The molecule has 27 heteroatoms. The standard InChI is InChI=1S/C46H84N14O12S/c1-3-4-5-6-7-8-9-10-11-12-13-18-36(62)55-31(20-23-37(63)64)41(69)59-33(21-24-38(65)66)43(71)60-34(25-28-73-2)44(72)58-32(19-22-35(47)61)42(70)57-30(17-15-27-54-46(51)52)40(68)56-29(39(48)67)16-14-26-53-45(49)50/h29-34H,3-28H2,1-2H3,(H2,47,61)(H2,48,67)(H,55,62)(H,56,68)(H,57,70)(H,58,72)(H,59,69)(H,60,71)(H,63,64)(H,65,66)(H4,49,50,53)(H4,51,52,54)/t29-,30-,31-,32-,33-,34-/m0/s1. The van der Waals surface area contributed by atoms with Gasteiger partial charge in [0.15, 0.2) is 11.9 Å². The van der Waals surface area contributed by atoms with Gasteiger partial charge in [0.1, 0.15) is 36.3 Å². The van der Waals surface area contributed by atoms with E-state index in [0.29, 0.717) is 6.42 Å². The zero-order valence-electron chi connectivity index (χ0n) is 42.6. The maximum atomic E-state index is 14.0. The van der Waals surface area contributed by atoms with Crippen molar-refractivity contribution >= 4 is 82.9 Å². The summed E-state index contributed by atoms with van der Waals surface area (Å²) in [4.78, 5) is 137. The number of nitrogens with two attached hydrogens (primary N) is 6. The van der Waals surface area contributed by atoms with E-state index in [9.17, 15) is 58.2 Å². The van der Waals surface area contributed by atoms with Crippen LogP contribution in [0.25, 0.3) is 0 Å². The maximum absolute atomic E-state index is 14.0. The number of carbonyl (C=O) groups excluding carboxylic acids is 8. The summed E-state index contributed by atoms with van der Waals surface area (Å²) in [7, 11) is 0. The van der Waals surface area contributed by atoms with Crippen LogP contribution < -0.4 is 66.3 Å². The number of amides is 8. The molecule has 0 aliphatic rings. The zero-order valence-corrected chi connectivity index (χ0v) is 43.4. The number of hydrogen-bond acceptors (Lipinski definition) is 13. The number of guanidine groups is 2. The first-order valence-electron chi connectivity index (χ1n) is 25.0. The molecule has 0 rings (SSSR count). The van der Waals surface area contributed by atoms with Crippen LogP contribution in [0.15, 0.2) is 9.98 Å². The second-order valence-electron chi connectivity index (χ2n) is 17.7. The number of carboxylic acid groups (broad SMARTS) is 2. The maximum Gasteiger partial charge on any atom is 0.303 e. The normalized spacial score (nSPS) is 13.3. The fourth-order valence-corrected chi connectivity index (χ4v) is 7.74. The van der Waals surface area contributed by atoms with Gasteiger partial charge in [0, 0.05) is 38.8 Å². The second kappa shape index (κ2) is 40.1. The second-order valence-corrected chi connectivity index (χ2v) is 18.6. The van der Waals surface area contributed by atoms with Gasteiger partial charge < -0.3 is 76.5 Å². The minimum absolute atomic E-state index is 0.0230. The van der Waals surface area contributed by atoms with Gasteiger partial charge in [-0.3, -0.25) is 57.9 Å². The van der Waals surface area contributed by atoms with Crippen LogP contribution in [0.5, 0.6) is 0 Å². The topological polar surface area (TPSA) is 464 Å². The van der Waals surface area contributed by atoms with E-state index in [1.165, 1.54) is 43.9 Å². The number of aliphatic carboxylic acids is 2. The van der Waals surface area contributed by atoms with Gasteiger partial charge >= 0.3 is 11.9 Å². The van der Waals surface area contributed by atoms with E-state index in [4.69, 9.17) is 34.4 Å². The predicted octanol–water partition coefficient (Wildman–Crippen LogP) is -1.06. The number of thioether (sulfide) groups is 1. The van der Waals surface area contributed by atoms with E-state index in [1.54, 1.807) is 6.26 Å². The molecule has 0 spiro atoms. The van der Waals surface area contributed by atoms with E-state index in [1.807, 2.05) is 0 Å². The molecule has 73 heavy (non-hydrogen) atoms. The fourth-order valence-electron chi connectivity index (χ4n) is 7.27. The molecule has 0 radical (unpaired) electrons. The van der Waals surface area contributed by atoms with Gasteiger partial charge in [0.05, 0.1) is 0 Å². The van der Waals surface area contributed by atoms with E-state index in [2.05, 4.69) is 48.8 Å². The highest BCUT2D eigenvalue weighted by molar-refractivity contribution is 7.98. The first-order chi connectivity index (χ1) is 34.6. The Hall–Kier alpha value is -6.41. The third-order valence-corrected chi connectivity index (χ3v) is 12.0. The molecule has 0 bridgehead atoms. The van der Waals surface area contributed by atoms with E-state index >= 15 is 0 Å². The molecule has 0 aliphatic carbocycles. The molecular weight excluding hydrogens is 973 g/mol. The molecule has 0 aromatic carbocycles. The number of primary amides is 2. The van der Waals surface area contributed by atoms with Gasteiger partial charge in [-0.2, -0.15) is 11.8 Å². The summed E-state index contributed by atoms with van der Waals surface area (Å²) in [5, 5.41) is 33.9. The van der Waals surface area contributed by atoms with Crippen molar-refractivity contribution in [3.8, 4) is 0 Å². The number of aliphatic imine (C=N–C) groups is 2. The number of carboxylic acids is 2. The molecule has 0 fully saturated rings. The van der Waals surface area contributed by atoms with Gasteiger partial charge in [-0.15, -0.1) is 0 Å². The minimum Gasteiger partial charge on any atom is -0.481 e. The molecule has 26 nitrogen and oxygen atoms in total. The van der Waals surface area contributed by atoms with Crippen molar-refractivity contribution < 1.29 is 58.2 Å². The summed E-state index contributed by atoms with van der Waals surface area (Å²) < 4.78 is 0. The Kier molecular flexibility index (Phi) is 36.6.